The average molecular weight is 435 g/mol. The maximum atomic E-state index is 13.3. The van der Waals surface area contributed by atoms with Crippen molar-refractivity contribution in [1.29, 1.82) is 0 Å². The van der Waals surface area contributed by atoms with Gasteiger partial charge < -0.3 is 9.08 Å². The highest BCUT2D eigenvalue weighted by atomic mass is 32.1. The number of carbonyl (C=O) groups is 2. The molecule has 0 bridgehead atoms. The Kier molecular flexibility index (Phi) is 5.97. The van der Waals surface area contributed by atoms with Gasteiger partial charge in [0.1, 0.15) is 5.75 Å². The van der Waals surface area contributed by atoms with E-state index in [2.05, 4.69) is 18.4 Å². The summed E-state index contributed by atoms with van der Waals surface area (Å²) < 4.78 is 4.99. The van der Waals surface area contributed by atoms with E-state index in [1.807, 2.05) is 31.2 Å². The molecule has 4 rings (SSSR count). The zero-order valence-electron chi connectivity index (χ0n) is 16.9. The minimum absolute atomic E-state index is 0.152. The number of benzene rings is 3. The van der Waals surface area contributed by atoms with Gasteiger partial charge >= 0.3 is 0 Å². The smallest absolute Gasteiger partial charge is 0.274 e. The molecule has 1 aliphatic rings. The van der Waals surface area contributed by atoms with Crippen molar-refractivity contribution in [2.24, 2.45) is 0 Å². The molecule has 0 aromatic heterocycles. The fraction of sp³-hybridized carbons (Fsp3) is 0.167. The summed E-state index contributed by atoms with van der Waals surface area (Å²) in [4.78, 5) is 33.9. The predicted octanol–water partition coefficient (Wildman–Crippen LogP) is 4.34. The van der Waals surface area contributed by atoms with Crippen molar-refractivity contribution in [2.45, 2.75) is 19.1 Å². The molecule has 1 aliphatic heterocycles. The van der Waals surface area contributed by atoms with Crippen molar-refractivity contribution in [3.05, 3.63) is 101 Å². The Morgan fingerprint density at radius 3 is 2.35 bits per heavy atom. The number of carbonyl (C=O) groups excluding carboxylic acids is 2. The number of hydroxylamine groups is 1. The van der Waals surface area contributed by atoms with Crippen molar-refractivity contribution in [2.75, 3.05) is 6.54 Å². The van der Waals surface area contributed by atoms with E-state index in [1.54, 1.807) is 59.5 Å². The molecule has 0 fully saturated rings. The molecule has 0 radical (unpaired) electrons. The van der Waals surface area contributed by atoms with Crippen molar-refractivity contribution < 1.29 is 18.6 Å². The Morgan fingerprint density at radius 1 is 1.00 bits per heavy atom. The first-order valence-corrected chi connectivity index (χ1v) is 10.3. The third-order valence-corrected chi connectivity index (χ3v) is 5.48. The molecule has 31 heavy (non-hydrogen) atoms. The van der Waals surface area contributed by atoms with E-state index >= 15 is 0 Å². The highest BCUT2D eigenvalue weighted by Gasteiger charge is 2.52. The van der Waals surface area contributed by atoms with Crippen molar-refractivity contribution >= 4 is 24.7 Å². The predicted molar refractivity (Wildman–Crippen MR) is 120 cm³/mol. The van der Waals surface area contributed by atoms with Gasteiger partial charge in [0.15, 0.2) is 0 Å². The summed E-state index contributed by atoms with van der Waals surface area (Å²) in [5.41, 5.74) is 3.61. The number of hydrogen-bond donors (Lipinski definition) is 2. The van der Waals surface area contributed by atoms with Gasteiger partial charge in [0, 0.05) is 41.7 Å². The van der Waals surface area contributed by atoms with Crippen LogP contribution in [0, 0.1) is 0 Å². The second kappa shape index (κ2) is 8.83. The Morgan fingerprint density at radius 2 is 1.68 bits per heavy atom. The van der Waals surface area contributed by atoms with Crippen LogP contribution < -0.4 is 9.66 Å². The van der Waals surface area contributed by atoms with Crippen molar-refractivity contribution in [3.8, 4) is 5.75 Å². The lowest BCUT2D eigenvalue weighted by atomic mass is 9.93. The molecule has 7 heteroatoms. The topological polar surface area (TPSA) is 67.9 Å². The minimum Gasteiger partial charge on any atom is -0.429 e. The van der Waals surface area contributed by atoms with E-state index in [-0.39, 0.29) is 5.91 Å². The average Bonchev–Trinajstić information content (AvgIpc) is 3.07. The summed E-state index contributed by atoms with van der Waals surface area (Å²) in [7, 11) is 0. The lowest BCUT2D eigenvalue weighted by Crippen LogP contribution is -2.50. The number of nitrogens with one attached hydrogen (secondary N) is 1. The van der Waals surface area contributed by atoms with Crippen LogP contribution in [-0.4, -0.2) is 23.3 Å². The highest BCUT2D eigenvalue weighted by molar-refractivity contribution is 7.75. The maximum absolute atomic E-state index is 13.3. The molecule has 1 heterocycles. The first kappa shape index (κ1) is 21.0. The summed E-state index contributed by atoms with van der Waals surface area (Å²) >= 11 is 3.84. The molecule has 158 valence electrons. The molecule has 0 saturated carbocycles. The zero-order chi connectivity index (χ0) is 21.8. The summed E-state index contributed by atoms with van der Waals surface area (Å²) in [6.45, 7) is 2.43. The number of nitrogens with zero attached hydrogens (tertiary/aromatic N) is 1. The molecule has 1 atom stereocenters. The molecular formula is C24H22N2O4S. The normalized spacial score (nSPS) is 17.4. The van der Waals surface area contributed by atoms with Gasteiger partial charge in [-0.2, -0.15) is 0 Å². The van der Waals surface area contributed by atoms with Gasteiger partial charge in [-0.25, -0.2) is 10.3 Å². The first-order chi connectivity index (χ1) is 15.1. The lowest BCUT2D eigenvalue weighted by Gasteiger charge is -2.38. The lowest BCUT2D eigenvalue weighted by molar-refractivity contribution is -0.143. The van der Waals surface area contributed by atoms with E-state index in [1.165, 1.54) is 0 Å². The van der Waals surface area contributed by atoms with Gasteiger partial charge in [-0.3, -0.25) is 9.59 Å². The third-order valence-electron chi connectivity index (χ3n) is 5.27. The van der Waals surface area contributed by atoms with Crippen molar-refractivity contribution in [1.82, 2.24) is 10.4 Å². The van der Waals surface area contributed by atoms with Crippen LogP contribution in [0.4, 0.5) is 0 Å². The number of amides is 2. The molecule has 2 amide bonds. The number of hydrogen-bond acceptors (Lipinski definition) is 5. The van der Waals surface area contributed by atoms with Gasteiger partial charge in [-0.05, 0) is 36.8 Å². The van der Waals surface area contributed by atoms with E-state index < -0.39 is 11.6 Å². The third kappa shape index (κ3) is 3.66. The van der Waals surface area contributed by atoms with Crippen LogP contribution in [0.1, 0.15) is 45.2 Å². The molecule has 1 unspecified atom stereocenters. The monoisotopic (exact) mass is 434 g/mol. The highest BCUT2D eigenvalue weighted by Crippen LogP contribution is 2.45. The van der Waals surface area contributed by atoms with Crippen LogP contribution in [0.25, 0.3) is 0 Å². The Bertz CT molecular complexity index is 1090. The quantitative estimate of drug-likeness (QED) is 0.330. The van der Waals surface area contributed by atoms with Crippen LogP contribution in [0.3, 0.4) is 0 Å². The van der Waals surface area contributed by atoms with Crippen LogP contribution >= 0.6 is 12.9 Å². The van der Waals surface area contributed by atoms with Crippen molar-refractivity contribution in [3.63, 3.8) is 0 Å². The second-order valence-electron chi connectivity index (χ2n) is 7.16. The SMILES string of the molecule is CCCN1C(=O)c2ccccc2C1(ONC(=O)c1ccccc1)c1ccc(OS)cc1. The molecule has 3 aromatic carbocycles. The van der Waals surface area contributed by atoms with E-state index in [9.17, 15) is 9.59 Å². The first-order valence-electron chi connectivity index (χ1n) is 9.98. The molecule has 1 N–H and O–H groups in total. The van der Waals surface area contributed by atoms with E-state index in [0.717, 1.165) is 6.42 Å². The summed E-state index contributed by atoms with van der Waals surface area (Å²) in [5, 5.41) is 0. The Balaban J connectivity index is 1.82. The molecule has 0 aliphatic carbocycles. The fourth-order valence-electron chi connectivity index (χ4n) is 3.87. The van der Waals surface area contributed by atoms with Crippen LogP contribution in [0.5, 0.6) is 5.75 Å². The molecule has 0 spiro atoms. The standard InChI is InChI=1S/C24H22N2O4S/c1-2-16-26-23(28)20-10-6-7-11-21(20)24(26,18-12-14-19(29-31)15-13-18)30-25-22(27)17-8-4-3-5-9-17/h3-15,31H,2,16H2,1H3,(H,25,27). The van der Waals surface area contributed by atoms with Gasteiger partial charge in [-0.1, -0.05) is 55.5 Å². The van der Waals surface area contributed by atoms with Crippen LogP contribution in [0.2, 0.25) is 0 Å². The number of thiol groups is 1. The van der Waals surface area contributed by atoms with Gasteiger partial charge in [-0.15, -0.1) is 0 Å². The Labute approximate surface area is 186 Å². The van der Waals surface area contributed by atoms with Gasteiger partial charge in [0.05, 0.1) is 0 Å². The second-order valence-corrected chi connectivity index (χ2v) is 7.34. The van der Waals surface area contributed by atoms with Gasteiger partial charge in [0.25, 0.3) is 11.8 Å². The summed E-state index contributed by atoms with van der Waals surface area (Å²) in [6, 6.07) is 23.2. The van der Waals surface area contributed by atoms with Gasteiger partial charge in [0.2, 0.25) is 5.72 Å². The number of rotatable bonds is 7. The minimum atomic E-state index is -1.32. The summed E-state index contributed by atoms with van der Waals surface area (Å²) in [6.07, 6.45) is 0.718. The number of fused-ring (bicyclic) bond motifs is 1. The van der Waals surface area contributed by atoms with Crippen LogP contribution in [0.15, 0.2) is 78.9 Å². The molecule has 6 nitrogen and oxygen atoms in total. The largest absolute Gasteiger partial charge is 0.429 e. The summed E-state index contributed by atoms with van der Waals surface area (Å²) in [5.74, 6) is -0.000276. The molecular weight excluding hydrogens is 412 g/mol. The Hall–Kier alpha value is -3.29. The van der Waals surface area contributed by atoms with Crippen LogP contribution in [-0.2, 0) is 10.6 Å². The zero-order valence-corrected chi connectivity index (χ0v) is 17.8. The fourth-order valence-corrected chi connectivity index (χ4v) is 3.99. The van der Waals surface area contributed by atoms with E-state index in [4.69, 9.17) is 9.02 Å². The van der Waals surface area contributed by atoms with E-state index in [0.29, 0.717) is 34.5 Å². The maximum Gasteiger partial charge on any atom is 0.274 e. The molecule has 0 saturated heterocycles. The molecule has 3 aromatic rings.